The number of nitrogens with zero attached hydrogens (tertiary/aromatic N) is 1. The molecule has 0 bridgehead atoms. The zero-order valence-corrected chi connectivity index (χ0v) is 11.7. The number of carbonyl (C=O) groups excluding carboxylic acids is 1. The van der Waals surface area contributed by atoms with Crippen molar-refractivity contribution in [3.63, 3.8) is 0 Å². The van der Waals surface area contributed by atoms with Gasteiger partial charge >= 0.3 is 12.0 Å². The topological polar surface area (TPSA) is 69.6 Å². The van der Waals surface area contributed by atoms with Crippen molar-refractivity contribution >= 4 is 12.0 Å². The summed E-state index contributed by atoms with van der Waals surface area (Å²) in [6.07, 6.45) is 0. The minimum Gasteiger partial charge on any atom is -0.480 e. The largest absolute Gasteiger partial charge is 0.480 e. The second kappa shape index (κ2) is 5.73. The first kappa shape index (κ1) is 15.0. The van der Waals surface area contributed by atoms with Crippen molar-refractivity contribution in [2.75, 3.05) is 7.05 Å². The number of benzene rings is 1. The number of carbonyl (C=O) groups is 2. The van der Waals surface area contributed by atoms with Crippen LogP contribution in [-0.4, -0.2) is 34.6 Å². The molecule has 104 valence electrons. The van der Waals surface area contributed by atoms with E-state index in [9.17, 15) is 9.59 Å². The van der Waals surface area contributed by atoms with Crippen LogP contribution in [-0.2, 0) is 11.3 Å². The predicted molar refractivity (Wildman–Crippen MR) is 72.9 cm³/mol. The van der Waals surface area contributed by atoms with Gasteiger partial charge in [0, 0.05) is 13.6 Å². The predicted octanol–water partition coefficient (Wildman–Crippen LogP) is 2.00. The van der Waals surface area contributed by atoms with Crippen LogP contribution in [0.15, 0.2) is 24.3 Å². The molecule has 2 N–H and O–H groups in total. The first-order chi connectivity index (χ1) is 8.75. The Morgan fingerprint density at radius 3 is 2.26 bits per heavy atom. The molecule has 1 rings (SSSR count). The van der Waals surface area contributed by atoms with Crippen molar-refractivity contribution in [1.29, 1.82) is 0 Å². The maximum atomic E-state index is 11.9. The first-order valence-corrected chi connectivity index (χ1v) is 6.05. The van der Waals surface area contributed by atoms with E-state index in [4.69, 9.17) is 5.11 Å². The van der Waals surface area contributed by atoms with Crippen LogP contribution in [0.4, 0.5) is 4.79 Å². The molecule has 0 aliphatic rings. The Kier molecular flexibility index (Phi) is 4.53. The number of urea groups is 1. The Labute approximate surface area is 113 Å². The van der Waals surface area contributed by atoms with Crippen molar-refractivity contribution < 1.29 is 14.7 Å². The summed E-state index contributed by atoms with van der Waals surface area (Å²) >= 11 is 0. The molecule has 5 nitrogen and oxygen atoms in total. The summed E-state index contributed by atoms with van der Waals surface area (Å²) in [7, 11) is 1.47. The second-order valence-corrected chi connectivity index (χ2v) is 5.07. The van der Waals surface area contributed by atoms with E-state index in [2.05, 4.69) is 5.32 Å². The third kappa shape index (κ3) is 3.71. The van der Waals surface area contributed by atoms with Crippen molar-refractivity contribution in [2.45, 2.75) is 32.9 Å². The number of aliphatic carboxylic acids is 1. The monoisotopic (exact) mass is 264 g/mol. The molecule has 0 atom stereocenters. The van der Waals surface area contributed by atoms with Crippen molar-refractivity contribution in [1.82, 2.24) is 10.2 Å². The summed E-state index contributed by atoms with van der Waals surface area (Å²) in [5.41, 5.74) is 0.886. The molecular weight excluding hydrogens is 244 g/mol. The molecule has 0 unspecified atom stereocenters. The van der Waals surface area contributed by atoms with E-state index in [0.29, 0.717) is 6.54 Å². The Hall–Kier alpha value is -2.04. The van der Waals surface area contributed by atoms with E-state index >= 15 is 0 Å². The fourth-order valence-corrected chi connectivity index (χ4v) is 1.40. The Morgan fingerprint density at radius 1 is 1.26 bits per heavy atom. The summed E-state index contributed by atoms with van der Waals surface area (Å²) < 4.78 is 0. The van der Waals surface area contributed by atoms with Crippen LogP contribution < -0.4 is 5.32 Å². The molecule has 0 aromatic heterocycles. The number of hydrogen-bond donors (Lipinski definition) is 2. The first-order valence-electron chi connectivity index (χ1n) is 6.05. The number of nitrogens with one attached hydrogen (secondary N) is 1. The van der Waals surface area contributed by atoms with Gasteiger partial charge in [0.1, 0.15) is 5.54 Å². The number of carboxylic acid groups (broad SMARTS) is 1. The van der Waals surface area contributed by atoms with Gasteiger partial charge in [0.05, 0.1) is 0 Å². The lowest BCUT2D eigenvalue weighted by molar-refractivity contribution is -0.146. The van der Waals surface area contributed by atoms with Crippen LogP contribution in [0.25, 0.3) is 0 Å². The zero-order chi connectivity index (χ0) is 14.6. The summed E-state index contributed by atoms with van der Waals surface area (Å²) in [6.45, 7) is 5.34. The van der Waals surface area contributed by atoms with Crippen LogP contribution in [0.2, 0.25) is 0 Å². The normalized spacial score (nSPS) is 10.9. The van der Waals surface area contributed by atoms with Gasteiger partial charge < -0.3 is 15.3 Å². The standard InChI is InChI=1S/C14H20N2O3/c1-10-5-7-11(8-6-10)9-15-13(19)16(4)14(2,3)12(17)18/h5-8H,9H2,1-4H3,(H,15,19)(H,17,18). The van der Waals surface area contributed by atoms with Gasteiger partial charge in [0.2, 0.25) is 0 Å². The van der Waals surface area contributed by atoms with Crippen LogP contribution in [0.3, 0.4) is 0 Å². The quantitative estimate of drug-likeness (QED) is 0.874. The smallest absolute Gasteiger partial charge is 0.329 e. The maximum Gasteiger partial charge on any atom is 0.329 e. The second-order valence-electron chi connectivity index (χ2n) is 5.07. The van der Waals surface area contributed by atoms with E-state index in [-0.39, 0.29) is 0 Å². The number of rotatable bonds is 4. The molecule has 1 aromatic rings. The molecule has 0 saturated carbocycles. The average molecular weight is 264 g/mol. The van der Waals surface area contributed by atoms with E-state index < -0.39 is 17.5 Å². The van der Waals surface area contributed by atoms with Crippen LogP contribution in [0.5, 0.6) is 0 Å². The highest BCUT2D eigenvalue weighted by molar-refractivity contribution is 5.85. The highest BCUT2D eigenvalue weighted by Crippen LogP contribution is 2.12. The lowest BCUT2D eigenvalue weighted by atomic mass is 10.1. The molecule has 0 radical (unpaired) electrons. The van der Waals surface area contributed by atoms with E-state index in [1.165, 1.54) is 25.8 Å². The van der Waals surface area contributed by atoms with Crippen LogP contribution >= 0.6 is 0 Å². The van der Waals surface area contributed by atoms with E-state index in [0.717, 1.165) is 11.1 Å². The lowest BCUT2D eigenvalue weighted by Gasteiger charge is -2.31. The molecule has 0 aliphatic heterocycles. The highest BCUT2D eigenvalue weighted by atomic mass is 16.4. The molecule has 0 heterocycles. The van der Waals surface area contributed by atoms with Crippen molar-refractivity contribution in [3.05, 3.63) is 35.4 Å². The fraction of sp³-hybridized carbons (Fsp3) is 0.429. The van der Waals surface area contributed by atoms with Gasteiger partial charge in [-0.05, 0) is 26.3 Å². The summed E-state index contributed by atoms with van der Waals surface area (Å²) in [5, 5.41) is 11.8. The number of likely N-dealkylation sites (N-methyl/N-ethyl adjacent to an activating group) is 1. The molecule has 0 fully saturated rings. The summed E-state index contributed by atoms with van der Waals surface area (Å²) in [5.74, 6) is -1.04. The van der Waals surface area contributed by atoms with Gasteiger partial charge in [-0.2, -0.15) is 0 Å². The minimum atomic E-state index is -1.24. The zero-order valence-electron chi connectivity index (χ0n) is 11.7. The maximum absolute atomic E-state index is 11.9. The average Bonchev–Trinajstić information content (AvgIpc) is 2.36. The summed E-state index contributed by atoms with van der Waals surface area (Å²) in [4.78, 5) is 24.1. The van der Waals surface area contributed by atoms with Gasteiger partial charge in [-0.3, -0.25) is 0 Å². The Bertz CT molecular complexity index is 466. The van der Waals surface area contributed by atoms with E-state index in [1.54, 1.807) is 0 Å². The fourth-order valence-electron chi connectivity index (χ4n) is 1.40. The van der Waals surface area contributed by atoms with Crippen molar-refractivity contribution in [3.8, 4) is 0 Å². The third-order valence-corrected chi connectivity index (χ3v) is 3.23. The van der Waals surface area contributed by atoms with Gasteiger partial charge in [0.25, 0.3) is 0 Å². The molecule has 1 aromatic carbocycles. The van der Waals surface area contributed by atoms with Gasteiger partial charge in [-0.25, -0.2) is 9.59 Å². The molecule has 5 heteroatoms. The molecule has 0 saturated heterocycles. The number of amides is 2. The number of carboxylic acids is 1. The third-order valence-electron chi connectivity index (χ3n) is 3.23. The van der Waals surface area contributed by atoms with Crippen LogP contribution in [0, 0.1) is 6.92 Å². The molecule has 0 aliphatic carbocycles. The summed E-state index contributed by atoms with van der Waals surface area (Å²) in [6, 6.07) is 7.38. The molecular formula is C14H20N2O3. The Morgan fingerprint density at radius 2 is 1.79 bits per heavy atom. The SMILES string of the molecule is Cc1ccc(CNC(=O)N(C)C(C)(C)C(=O)O)cc1. The van der Waals surface area contributed by atoms with E-state index in [1.807, 2.05) is 31.2 Å². The number of hydrogen-bond acceptors (Lipinski definition) is 2. The van der Waals surface area contributed by atoms with Crippen LogP contribution in [0.1, 0.15) is 25.0 Å². The number of aryl methyl sites for hydroxylation is 1. The highest BCUT2D eigenvalue weighted by Gasteiger charge is 2.35. The molecule has 19 heavy (non-hydrogen) atoms. The van der Waals surface area contributed by atoms with Gasteiger partial charge in [-0.1, -0.05) is 29.8 Å². The van der Waals surface area contributed by atoms with Gasteiger partial charge in [0.15, 0.2) is 0 Å². The molecule has 0 spiro atoms. The minimum absolute atomic E-state index is 0.374. The molecule has 2 amide bonds. The van der Waals surface area contributed by atoms with Gasteiger partial charge in [-0.15, -0.1) is 0 Å². The Balaban J connectivity index is 2.61. The van der Waals surface area contributed by atoms with Crippen molar-refractivity contribution in [2.24, 2.45) is 0 Å². The lowest BCUT2D eigenvalue weighted by Crippen LogP contribution is -2.53.